The van der Waals surface area contributed by atoms with Gasteiger partial charge in [0.05, 0.1) is 5.92 Å². The summed E-state index contributed by atoms with van der Waals surface area (Å²) in [5.74, 6) is -1.64. The third-order valence-electron chi connectivity index (χ3n) is 7.74. The van der Waals surface area contributed by atoms with Crippen LogP contribution in [0.2, 0.25) is 0 Å². The van der Waals surface area contributed by atoms with Crippen LogP contribution in [0.1, 0.15) is 43.7 Å². The molecule has 2 aliphatic carbocycles. The Kier molecular flexibility index (Phi) is 5.15. The van der Waals surface area contributed by atoms with E-state index in [4.69, 9.17) is 4.74 Å². The summed E-state index contributed by atoms with van der Waals surface area (Å²) in [7, 11) is 0. The molecule has 2 saturated heterocycles. The number of rotatable bonds is 6. The Morgan fingerprint density at radius 3 is 2.24 bits per heavy atom. The summed E-state index contributed by atoms with van der Waals surface area (Å²) >= 11 is 0. The van der Waals surface area contributed by atoms with Gasteiger partial charge >= 0.3 is 12.1 Å². The van der Waals surface area contributed by atoms with Gasteiger partial charge in [0.25, 0.3) is 0 Å². The molecule has 0 aromatic heterocycles. The predicted molar refractivity (Wildman–Crippen MR) is 122 cm³/mol. The van der Waals surface area contributed by atoms with Gasteiger partial charge in [0.15, 0.2) is 0 Å². The minimum absolute atomic E-state index is 0.00649. The molecule has 6 rings (SSSR count). The first-order valence-corrected chi connectivity index (χ1v) is 11.5. The Morgan fingerprint density at radius 2 is 1.70 bits per heavy atom. The van der Waals surface area contributed by atoms with Crippen LogP contribution in [0.3, 0.4) is 0 Å². The van der Waals surface area contributed by atoms with E-state index in [1.807, 2.05) is 31.2 Å². The molecule has 7 heteroatoms. The van der Waals surface area contributed by atoms with Crippen LogP contribution < -0.4 is 5.32 Å². The van der Waals surface area contributed by atoms with Crippen LogP contribution in [0.4, 0.5) is 4.79 Å². The standard InChI is InChI=1S/C26H28N2O5/c1-3-26(2,24(31)28-13-15-12-21(28)22(15)23(29)30)27-25(32)33-14-20-18-10-6-4-8-16(18)17-9-5-7-11-19(17)20/h4-11,15,20-22H,3,12-14H2,1-2H3,(H,27,32)(H,29,30). The summed E-state index contributed by atoms with van der Waals surface area (Å²) in [6.07, 6.45) is 0.450. The van der Waals surface area contributed by atoms with Crippen molar-refractivity contribution in [2.75, 3.05) is 13.2 Å². The second-order valence-corrected chi connectivity index (χ2v) is 9.52. The molecule has 4 aliphatic rings. The molecular formula is C26H28N2O5. The Balaban J connectivity index is 1.26. The third kappa shape index (κ3) is 3.37. The van der Waals surface area contributed by atoms with Crippen LogP contribution in [0, 0.1) is 11.8 Å². The number of benzene rings is 2. The predicted octanol–water partition coefficient (Wildman–Crippen LogP) is 3.63. The molecule has 0 radical (unpaired) electrons. The first kappa shape index (κ1) is 21.5. The van der Waals surface area contributed by atoms with Crippen LogP contribution >= 0.6 is 0 Å². The first-order valence-electron chi connectivity index (χ1n) is 11.5. The molecule has 172 valence electrons. The SMILES string of the molecule is CCC(C)(NC(=O)OCC1c2ccccc2-c2ccccc21)C(=O)N1CC2CC1C2C(=O)O. The van der Waals surface area contributed by atoms with Crippen molar-refractivity contribution in [1.29, 1.82) is 0 Å². The number of carbonyl (C=O) groups is 3. The van der Waals surface area contributed by atoms with E-state index in [9.17, 15) is 19.5 Å². The molecule has 33 heavy (non-hydrogen) atoms. The van der Waals surface area contributed by atoms with Crippen molar-refractivity contribution in [3.63, 3.8) is 0 Å². The minimum atomic E-state index is -1.15. The molecule has 7 nitrogen and oxygen atoms in total. The number of amides is 2. The maximum atomic E-state index is 13.3. The summed E-state index contributed by atoms with van der Waals surface area (Å²) in [6, 6.07) is 15.9. The van der Waals surface area contributed by atoms with Crippen molar-refractivity contribution < 1.29 is 24.2 Å². The molecule has 4 unspecified atom stereocenters. The van der Waals surface area contributed by atoms with Crippen LogP contribution in [0.25, 0.3) is 11.1 Å². The number of nitrogens with one attached hydrogen (secondary N) is 1. The molecule has 1 saturated carbocycles. The molecule has 2 aromatic carbocycles. The topological polar surface area (TPSA) is 95.9 Å². The lowest BCUT2D eigenvalue weighted by molar-refractivity contribution is -0.149. The van der Waals surface area contributed by atoms with Crippen LogP contribution in [0.5, 0.6) is 0 Å². The molecule has 2 N–H and O–H groups in total. The van der Waals surface area contributed by atoms with Crippen molar-refractivity contribution in [2.45, 2.75) is 44.2 Å². The Hall–Kier alpha value is -3.35. The molecule has 0 spiro atoms. The van der Waals surface area contributed by atoms with E-state index in [1.165, 1.54) is 0 Å². The van der Waals surface area contributed by atoms with Gasteiger partial charge in [-0.2, -0.15) is 0 Å². The smallest absolute Gasteiger partial charge is 0.408 e. The van der Waals surface area contributed by atoms with Crippen LogP contribution in [-0.4, -0.2) is 52.7 Å². The molecule has 4 atom stereocenters. The highest BCUT2D eigenvalue weighted by molar-refractivity contribution is 5.91. The molecule has 2 aliphatic heterocycles. The summed E-state index contributed by atoms with van der Waals surface area (Å²) in [4.78, 5) is 39.2. The van der Waals surface area contributed by atoms with E-state index in [2.05, 4.69) is 29.6 Å². The van der Waals surface area contributed by atoms with E-state index >= 15 is 0 Å². The van der Waals surface area contributed by atoms with Crippen LogP contribution in [-0.2, 0) is 14.3 Å². The Morgan fingerprint density at radius 1 is 1.09 bits per heavy atom. The van der Waals surface area contributed by atoms with Gasteiger partial charge in [-0.05, 0) is 47.9 Å². The molecule has 2 amide bonds. The number of hydrogen-bond donors (Lipinski definition) is 2. The summed E-state index contributed by atoms with van der Waals surface area (Å²) in [6.45, 7) is 4.12. The molecule has 3 fully saturated rings. The number of carboxylic acid groups (broad SMARTS) is 1. The highest BCUT2D eigenvalue weighted by Crippen LogP contribution is 2.47. The van der Waals surface area contributed by atoms with Gasteiger partial charge in [0, 0.05) is 18.5 Å². The fourth-order valence-corrected chi connectivity index (χ4v) is 5.69. The maximum absolute atomic E-state index is 13.3. The average Bonchev–Trinajstić information content (AvgIpc) is 3.47. The highest BCUT2D eigenvalue weighted by Gasteiger charge is 2.59. The zero-order chi connectivity index (χ0) is 23.3. The lowest BCUT2D eigenvalue weighted by Gasteiger charge is -2.37. The second kappa shape index (κ2) is 7.90. The monoisotopic (exact) mass is 448 g/mol. The van der Waals surface area contributed by atoms with Gasteiger partial charge in [-0.25, -0.2) is 4.79 Å². The lowest BCUT2D eigenvalue weighted by atomic mass is 9.74. The van der Waals surface area contributed by atoms with Crippen molar-refractivity contribution in [3.05, 3.63) is 59.7 Å². The van der Waals surface area contributed by atoms with Gasteiger partial charge in [-0.15, -0.1) is 0 Å². The van der Waals surface area contributed by atoms with Crippen molar-refractivity contribution >= 4 is 18.0 Å². The number of nitrogens with zero attached hydrogens (tertiary/aromatic N) is 1. The van der Waals surface area contributed by atoms with Crippen molar-refractivity contribution in [3.8, 4) is 11.1 Å². The number of aliphatic carboxylic acids is 1. The normalized spacial score (nSPS) is 24.3. The largest absolute Gasteiger partial charge is 0.481 e. The van der Waals surface area contributed by atoms with E-state index in [-0.39, 0.29) is 30.4 Å². The summed E-state index contributed by atoms with van der Waals surface area (Å²) < 4.78 is 5.63. The van der Waals surface area contributed by atoms with E-state index in [0.717, 1.165) is 22.3 Å². The van der Waals surface area contributed by atoms with Gasteiger partial charge in [-0.3, -0.25) is 9.59 Å². The van der Waals surface area contributed by atoms with E-state index in [0.29, 0.717) is 19.4 Å². The van der Waals surface area contributed by atoms with Gasteiger partial charge < -0.3 is 20.1 Å². The zero-order valence-electron chi connectivity index (χ0n) is 18.8. The third-order valence-corrected chi connectivity index (χ3v) is 7.74. The molecule has 2 aromatic rings. The number of carboxylic acids is 1. The Labute approximate surface area is 192 Å². The zero-order valence-corrected chi connectivity index (χ0v) is 18.8. The van der Waals surface area contributed by atoms with Gasteiger partial charge in [-0.1, -0.05) is 55.5 Å². The fraction of sp³-hybridized carbons (Fsp3) is 0.423. The average molecular weight is 449 g/mol. The first-order chi connectivity index (χ1) is 15.8. The van der Waals surface area contributed by atoms with Crippen molar-refractivity contribution in [2.24, 2.45) is 11.8 Å². The minimum Gasteiger partial charge on any atom is -0.481 e. The summed E-state index contributed by atoms with van der Waals surface area (Å²) in [5, 5.41) is 12.2. The maximum Gasteiger partial charge on any atom is 0.408 e. The Bertz CT molecular complexity index is 1090. The van der Waals surface area contributed by atoms with E-state index in [1.54, 1.807) is 11.8 Å². The quantitative estimate of drug-likeness (QED) is 0.704. The second-order valence-electron chi connectivity index (χ2n) is 9.52. The summed E-state index contributed by atoms with van der Waals surface area (Å²) in [5.41, 5.74) is 3.39. The number of carbonyl (C=O) groups excluding carboxylic acids is 2. The number of alkyl carbamates (subject to hydrolysis) is 1. The highest BCUT2D eigenvalue weighted by atomic mass is 16.5. The van der Waals surface area contributed by atoms with E-state index < -0.39 is 23.5 Å². The van der Waals surface area contributed by atoms with Crippen molar-refractivity contribution in [1.82, 2.24) is 10.2 Å². The van der Waals surface area contributed by atoms with Gasteiger partial charge in [0.2, 0.25) is 5.91 Å². The van der Waals surface area contributed by atoms with Gasteiger partial charge in [0.1, 0.15) is 12.1 Å². The fourth-order valence-electron chi connectivity index (χ4n) is 5.69. The molecular weight excluding hydrogens is 420 g/mol. The lowest BCUT2D eigenvalue weighted by Crippen LogP contribution is -2.59. The number of fused-ring (bicyclic) bond motifs is 4. The molecule has 2 heterocycles. The molecule has 2 bridgehead atoms. The van der Waals surface area contributed by atoms with Crippen LogP contribution in [0.15, 0.2) is 48.5 Å². The number of hydrogen-bond acceptors (Lipinski definition) is 4. The number of ether oxygens (including phenoxy) is 1.